The Balaban J connectivity index is 1.52. The van der Waals surface area contributed by atoms with Gasteiger partial charge in [0.25, 0.3) is 5.56 Å². The van der Waals surface area contributed by atoms with E-state index in [4.69, 9.17) is 9.47 Å². The third-order valence-electron chi connectivity index (χ3n) is 7.53. The van der Waals surface area contributed by atoms with E-state index in [0.29, 0.717) is 48.2 Å². The number of nitrogens with zero attached hydrogens (tertiary/aromatic N) is 5. The molecule has 0 fully saturated rings. The molecule has 1 unspecified atom stereocenters. The van der Waals surface area contributed by atoms with Crippen LogP contribution in [0.3, 0.4) is 0 Å². The van der Waals surface area contributed by atoms with E-state index in [-0.39, 0.29) is 11.1 Å². The van der Waals surface area contributed by atoms with Gasteiger partial charge in [-0.05, 0) is 60.4 Å². The van der Waals surface area contributed by atoms with E-state index in [1.807, 2.05) is 22.9 Å². The monoisotopic (exact) mass is 486 g/mol. The first-order valence-electron chi connectivity index (χ1n) is 12.5. The Hall–Kier alpha value is -3.72. The summed E-state index contributed by atoms with van der Waals surface area (Å²) in [5, 5.41) is 13.8. The first-order chi connectivity index (χ1) is 17.4. The summed E-state index contributed by atoms with van der Waals surface area (Å²) in [6.07, 6.45) is 1.74. The predicted octanol–water partition coefficient (Wildman–Crippen LogP) is 3.58. The molecule has 9 heteroatoms. The van der Waals surface area contributed by atoms with Crippen LogP contribution in [0, 0.1) is 0 Å². The molecule has 36 heavy (non-hydrogen) atoms. The molecule has 4 aromatic rings. The number of H-pyrrole nitrogens is 1. The number of aromatic nitrogens is 5. The summed E-state index contributed by atoms with van der Waals surface area (Å²) in [6.45, 7) is 8.85. The number of tetrazole rings is 1. The minimum atomic E-state index is -0.416. The van der Waals surface area contributed by atoms with E-state index >= 15 is 0 Å². The highest BCUT2D eigenvalue weighted by Crippen LogP contribution is 2.37. The number of fused-ring (bicyclic) bond motifs is 3. The van der Waals surface area contributed by atoms with Crippen molar-refractivity contribution in [1.82, 2.24) is 30.1 Å². The summed E-state index contributed by atoms with van der Waals surface area (Å²) in [6, 6.07) is 13.8. The van der Waals surface area contributed by atoms with Gasteiger partial charge in [-0.1, -0.05) is 31.2 Å². The van der Waals surface area contributed by atoms with Crippen molar-refractivity contribution in [3.05, 3.63) is 75.3 Å². The van der Waals surface area contributed by atoms with Gasteiger partial charge in [-0.25, -0.2) is 4.68 Å². The molecule has 0 spiro atoms. The molecular formula is C27H30N6O3. The minimum Gasteiger partial charge on any atom is -0.486 e. The number of benzene rings is 2. The van der Waals surface area contributed by atoms with Crippen LogP contribution in [0.4, 0.5) is 0 Å². The molecule has 4 heterocycles. The largest absolute Gasteiger partial charge is 0.486 e. The van der Waals surface area contributed by atoms with Gasteiger partial charge in [-0.2, -0.15) is 0 Å². The third-order valence-corrected chi connectivity index (χ3v) is 7.53. The van der Waals surface area contributed by atoms with Crippen molar-refractivity contribution in [3.8, 4) is 11.5 Å². The SMILES string of the molecule is CCC(C)(C)n1nnnc1C(c1cc2cc3c(cc2[nH]c1=O)OCCO3)N1CCc2ccccc2C1. The van der Waals surface area contributed by atoms with Crippen molar-refractivity contribution in [2.75, 3.05) is 19.8 Å². The Morgan fingerprint density at radius 2 is 1.83 bits per heavy atom. The van der Waals surface area contributed by atoms with Crippen LogP contribution in [0.1, 0.15) is 55.7 Å². The van der Waals surface area contributed by atoms with E-state index in [2.05, 4.69) is 70.4 Å². The molecule has 2 aromatic carbocycles. The molecule has 0 aliphatic carbocycles. The van der Waals surface area contributed by atoms with Crippen molar-refractivity contribution < 1.29 is 9.47 Å². The average Bonchev–Trinajstić information content (AvgIpc) is 3.38. The van der Waals surface area contributed by atoms with E-state index < -0.39 is 6.04 Å². The van der Waals surface area contributed by atoms with E-state index in [1.54, 1.807) is 0 Å². The van der Waals surface area contributed by atoms with Gasteiger partial charge in [-0.3, -0.25) is 9.69 Å². The normalized spacial score (nSPS) is 16.6. The fourth-order valence-corrected chi connectivity index (χ4v) is 5.15. The van der Waals surface area contributed by atoms with E-state index in [0.717, 1.165) is 24.8 Å². The zero-order valence-electron chi connectivity index (χ0n) is 20.8. The zero-order valence-corrected chi connectivity index (χ0v) is 20.8. The first kappa shape index (κ1) is 22.7. The summed E-state index contributed by atoms with van der Waals surface area (Å²) in [5.41, 5.74) is 3.47. The van der Waals surface area contributed by atoms with Crippen molar-refractivity contribution in [1.29, 1.82) is 0 Å². The maximum atomic E-state index is 13.6. The van der Waals surface area contributed by atoms with Crippen LogP contribution in [0.15, 0.2) is 47.3 Å². The second kappa shape index (κ2) is 8.74. The van der Waals surface area contributed by atoms with Crippen molar-refractivity contribution in [3.63, 3.8) is 0 Å². The molecule has 6 rings (SSSR count). The number of aromatic amines is 1. The van der Waals surface area contributed by atoms with Crippen molar-refractivity contribution in [2.24, 2.45) is 0 Å². The molecule has 9 nitrogen and oxygen atoms in total. The average molecular weight is 487 g/mol. The maximum Gasteiger partial charge on any atom is 0.253 e. The van der Waals surface area contributed by atoms with Gasteiger partial charge in [0, 0.05) is 30.1 Å². The predicted molar refractivity (Wildman–Crippen MR) is 135 cm³/mol. The lowest BCUT2D eigenvalue weighted by molar-refractivity contribution is 0.172. The van der Waals surface area contributed by atoms with Crippen LogP contribution in [-0.4, -0.2) is 49.8 Å². The Labute approximate surface area is 209 Å². The fourth-order valence-electron chi connectivity index (χ4n) is 5.15. The lowest BCUT2D eigenvalue weighted by Crippen LogP contribution is -2.40. The highest BCUT2D eigenvalue weighted by atomic mass is 16.6. The quantitative estimate of drug-likeness (QED) is 0.460. The van der Waals surface area contributed by atoms with Crippen LogP contribution < -0.4 is 15.0 Å². The third kappa shape index (κ3) is 3.83. The van der Waals surface area contributed by atoms with Gasteiger partial charge in [-0.15, -0.1) is 5.10 Å². The Bertz CT molecular complexity index is 1490. The number of hydrogen-bond acceptors (Lipinski definition) is 7. The van der Waals surface area contributed by atoms with Crippen LogP contribution in [0.5, 0.6) is 11.5 Å². The molecule has 0 bridgehead atoms. The lowest BCUT2D eigenvalue weighted by Gasteiger charge is -2.36. The van der Waals surface area contributed by atoms with E-state index in [1.165, 1.54) is 11.1 Å². The van der Waals surface area contributed by atoms with Crippen molar-refractivity contribution >= 4 is 10.9 Å². The maximum absolute atomic E-state index is 13.6. The topological polar surface area (TPSA) is 98.2 Å². The van der Waals surface area contributed by atoms with Crippen LogP contribution in [0.25, 0.3) is 10.9 Å². The van der Waals surface area contributed by atoms with Crippen LogP contribution in [-0.2, 0) is 18.5 Å². The van der Waals surface area contributed by atoms with Gasteiger partial charge < -0.3 is 14.5 Å². The van der Waals surface area contributed by atoms with E-state index in [9.17, 15) is 4.79 Å². The van der Waals surface area contributed by atoms with Crippen molar-refractivity contribution in [2.45, 2.75) is 51.7 Å². The molecule has 1 atom stereocenters. The molecule has 2 aromatic heterocycles. The molecule has 0 saturated heterocycles. The molecule has 2 aliphatic rings. The zero-order chi connectivity index (χ0) is 24.9. The Morgan fingerprint density at radius 1 is 1.08 bits per heavy atom. The summed E-state index contributed by atoms with van der Waals surface area (Å²) in [5.74, 6) is 2.01. The minimum absolute atomic E-state index is 0.160. The molecule has 0 saturated carbocycles. The first-order valence-corrected chi connectivity index (χ1v) is 12.5. The highest BCUT2D eigenvalue weighted by molar-refractivity contribution is 5.83. The van der Waals surface area contributed by atoms with Gasteiger partial charge in [0.05, 0.1) is 11.1 Å². The number of pyridine rings is 1. The molecule has 1 N–H and O–H groups in total. The summed E-state index contributed by atoms with van der Waals surface area (Å²) >= 11 is 0. The second-order valence-electron chi connectivity index (χ2n) is 10.1. The molecular weight excluding hydrogens is 456 g/mol. The summed E-state index contributed by atoms with van der Waals surface area (Å²) in [4.78, 5) is 19.0. The molecule has 0 radical (unpaired) electrons. The standard InChI is InChI=1S/C27H30N6O3/c1-4-27(2,3)33-25(29-30-31-33)24(32-10-9-17-7-5-6-8-18(17)16-32)20-13-19-14-22-23(36-12-11-35-22)15-21(19)28-26(20)34/h5-8,13-15,24H,4,9-12,16H2,1-3H3,(H,28,34). The second-order valence-corrected chi connectivity index (χ2v) is 10.1. The lowest BCUT2D eigenvalue weighted by atomic mass is 9.95. The van der Waals surface area contributed by atoms with Gasteiger partial charge in [0.15, 0.2) is 17.3 Å². The Morgan fingerprint density at radius 3 is 2.61 bits per heavy atom. The fraction of sp³-hybridized carbons (Fsp3) is 0.407. The molecule has 186 valence electrons. The number of ether oxygens (including phenoxy) is 2. The number of nitrogens with one attached hydrogen (secondary N) is 1. The van der Waals surface area contributed by atoms with Gasteiger partial charge in [0.1, 0.15) is 19.3 Å². The molecule has 2 aliphatic heterocycles. The molecule has 0 amide bonds. The number of hydrogen-bond donors (Lipinski definition) is 1. The van der Waals surface area contributed by atoms with Gasteiger partial charge >= 0.3 is 0 Å². The van der Waals surface area contributed by atoms with Gasteiger partial charge in [0.2, 0.25) is 0 Å². The van der Waals surface area contributed by atoms with Crippen LogP contribution >= 0.6 is 0 Å². The summed E-state index contributed by atoms with van der Waals surface area (Å²) in [7, 11) is 0. The smallest absolute Gasteiger partial charge is 0.253 e. The highest BCUT2D eigenvalue weighted by Gasteiger charge is 2.35. The summed E-state index contributed by atoms with van der Waals surface area (Å²) < 4.78 is 13.4. The van der Waals surface area contributed by atoms with Crippen LogP contribution in [0.2, 0.25) is 0 Å². The number of rotatable bonds is 5. The Kier molecular flexibility index (Phi) is 5.52.